The molecule has 46 valence electrons. The fourth-order valence-electron chi connectivity index (χ4n) is 0.637. The third kappa shape index (κ3) is 1.35. The van der Waals surface area contributed by atoms with Gasteiger partial charge in [0, 0.05) is 6.42 Å². The molecule has 0 amide bonds. The molecule has 0 aromatic carbocycles. The van der Waals surface area contributed by atoms with Crippen LogP contribution in [-0.4, -0.2) is 12.5 Å². The van der Waals surface area contributed by atoms with Crippen LogP contribution in [0.15, 0.2) is 28.9 Å². The van der Waals surface area contributed by atoms with Crippen LogP contribution in [0.2, 0.25) is 0 Å². The molecule has 0 atom stereocenters. The fraction of sp³-hybridized carbons (Fsp3) is 0.143. The van der Waals surface area contributed by atoms with Gasteiger partial charge in [0.25, 0.3) is 0 Å². The maximum absolute atomic E-state index is 10.5. The van der Waals surface area contributed by atoms with Gasteiger partial charge in [0.05, 0.1) is 5.70 Å². The van der Waals surface area contributed by atoms with Gasteiger partial charge in [0.15, 0.2) is 5.78 Å². The van der Waals surface area contributed by atoms with Gasteiger partial charge in [-0.1, -0.05) is 6.08 Å². The maximum Gasteiger partial charge on any atom is 0.159 e. The first-order chi connectivity index (χ1) is 4.33. The van der Waals surface area contributed by atoms with E-state index in [2.05, 4.69) is 11.7 Å². The number of carbonyl (C=O) groups excluding carboxylic acids is 1. The van der Waals surface area contributed by atoms with Crippen molar-refractivity contribution in [1.29, 1.82) is 0 Å². The average molecular weight is 121 g/mol. The summed E-state index contributed by atoms with van der Waals surface area (Å²) in [4.78, 5) is 14.2. The van der Waals surface area contributed by atoms with Gasteiger partial charge in [-0.3, -0.25) is 9.79 Å². The van der Waals surface area contributed by atoms with Crippen LogP contribution < -0.4 is 0 Å². The largest absolute Gasteiger partial charge is 0.295 e. The van der Waals surface area contributed by atoms with Gasteiger partial charge in [-0.15, -0.1) is 0 Å². The van der Waals surface area contributed by atoms with Crippen LogP contribution in [0.25, 0.3) is 0 Å². The lowest BCUT2D eigenvalue weighted by atomic mass is 10.1. The van der Waals surface area contributed by atoms with Gasteiger partial charge in [-0.05, 0) is 18.9 Å². The molecular formula is C7H7NO. The molecule has 2 nitrogen and oxygen atoms in total. The molecule has 0 N–H and O–H groups in total. The van der Waals surface area contributed by atoms with Crippen molar-refractivity contribution in [3.05, 3.63) is 23.9 Å². The van der Waals surface area contributed by atoms with E-state index in [0.29, 0.717) is 6.42 Å². The second-order valence-electron chi connectivity index (χ2n) is 1.79. The Hall–Kier alpha value is -1.18. The molecule has 0 aromatic rings. The monoisotopic (exact) mass is 121 g/mol. The highest BCUT2D eigenvalue weighted by Gasteiger charge is 1.99. The molecule has 0 aliphatic heterocycles. The lowest BCUT2D eigenvalue weighted by Crippen LogP contribution is -1.94. The molecule has 1 aliphatic carbocycles. The van der Waals surface area contributed by atoms with E-state index in [4.69, 9.17) is 0 Å². The van der Waals surface area contributed by atoms with Crippen LogP contribution in [0, 0.1) is 0 Å². The molecule has 1 aliphatic rings. The maximum atomic E-state index is 10.5. The van der Waals surface area contributed by atoms with Crippen LogP contribution >= 0.6 is 0 Å². The Balaban J connectivity index is 2.73. The van der Waals surface area contributed by atoms with Crippen molar-refractivity contribution in [2.24, 2.45) is 4.99 Å². The molecule has 0 unspecified atom stereocenters. The highest BCUT2D eigenvalue weighted by molar-refractivity contribution is 5.92. The summed E-state index contributed by atoms with van der Waals surface area (Å²) in [6, 6.07) is 0. The zero-order valence-electron chi connectivity index (χ0n) is 5.00. The first-order valence-corrected chi connectivity index (χ1v) is 2.71. The predicted octanol–water partition coefficient (Wildman–Crippen LogP) is 1.10. The summed E-state index contributed by atoms with van der Waals surface area (Å²) in [7, 11) is 0. The van der Waals surface area contributed by atoms with Gasteiger partial charge in [-0.2, -0.15) is 0 Å². The molecule has 0 saturated heterocycles. The van der Waals surface area contributed by atoms with Crippen molar-refractivity contribution >= 4 is 12.5 Å². The molecule has 0 spiro atoms. The Morgan fingerprint density at radius 2 is 2.33 bits per heavy atom. The Morgan fingerprint density at radius 3 is 2.78 bits per heavy atom. The molecular weight excluding hydrogens is 114 g/mol. The minimum Gasteiger partial charge on any atom is -0.295 e. The molecule has 2 heteroatoms. The van der Waals surface area contributed by atoms with Crippen LogP contribution in [0.5, 0.6) is 0 Å². The van der Waals surface area contributed by atoms with E-state index in [1.165, 1.54) is 6.08 Å². The van der Waals surface area contributed by atoms with Crippen molar-refractivity contribution in [2.45, 2.75) is 6.42 Å². The number of hydrogen-bond donors (Lipinski definition) is 0. The summed E-state index contributed by atoms with van der Waals surface area (Å²) < 4.78 is 0. The minimum absolute atomic E-state index is 0.127. The van der Waals surface area contributed by atoms with Crippen LogP contribution in [-0.2, 0) is 4.79 Å². The van der Waals surface area contributed by atoms with Gasteiger partial charge < -0.3 is 0 Å². The Labute approximate surface area is 53.6 Å². The van der Waals surface area contributed by atoms with Gasteiger partial charge in [0.1, 0.15) is 0 Å². The number of nitrogens with zero attached hydrogens (tertiary/aromatic N) is 1. The molecule has 0 aromatic heterocycles. The normalized spacial score (nSPS) is 17.3. The summed E-state index contributed by atoms with van der Waals surface area (Å²) >= 11 is 0. The SMILES string of the molecule is C=NC1=CCC(=O)C=C1. The summed E-state index contributed by atoms with van der Waals surface area (Å²) in [6.07, 6.45) is 5.41. The van der Waals surface area contributed by atoms with Crippen LogP contribution in [0.1, 0.15) is 6.42 Å². The summed E-state index contributed by atoms with van der Waals surface area (Å²) in [5, 5.41) is 0. The third-order valence-electron chi connectivity index (χ3n) is 1.13. The molecule has 9 heavy (non-hydrogen) atoms. The van der Waals surface area contributed by atoms with Gasteiger partial charge in [-0.25, -0.2) is 0 Å². The second-order valence-corrected chi connectivity index (χ2v) is 1.79. The van der Waals surface area contributed by atoms with Crippen LogP contribution in [0.3, 0.4) is 0 Å². The van der Waals surface area contributed by atoms with Crippen LogP contribution in [0.4, 0.5) is 0 Å². The average Bonchev–Trinajstić information content (AvgIpc) is 1.90. The third-order valence-corrected chi connectivity index (χ3v) is 1.13. The van der Waals surface area contributed by atoms with Gasteiger partial charge >= 0.3 is 0 Å². The van der Waals surface area contributed by atoms with E-state index in [9.17, 15) is 4.79 Å². The highest BCUT2D eigenvalue weighted by Crippen LogP contribution is 2.06. The van der Waals surface area contributed by atoms with Crippen molar-refractivity contribution in [2.75, 3.05) is 0 Å². The van der Waals surface area contributed by atoms with Crippen molar-refractivity contribution in [3.8, 4) is 0 Å². The lowest BCUT2D eigenvalue weighted by molar-refractivity contribution is -0.113. The quantitative estimate of drug-likeness (QED) is 0.477. The summed E-state index contributed by atoms with van der Waals surface area (Å²) in [5.41, 5.74) is 0.787. The van der Waals surface area contributed by atoms with Crippen molar-refractivity contribution in [1.82, 2.24) is 0 Å². The van der Waals surface area contributed by atoms with E-state index in [-0.39, 0.29) is 5.78 Å². The number of carbonyl (C=O) groups is 1. The van der Waals surface area contributed by atoms with E-state index in [1.54, 1.807) is 12.2 Å². The molecule has 0 heterocycles. The highest BCUT2D eigenvalue weighted by atomic mass is 16.1. The topological polar surface area (TPSA) is 29.4 Å². The molecule has 0 saturated carbocycles. The molecule has 0 fully saturated rings. The van der Waals surface area contributed by atoms with E-state index >= 15 is 0 Å². The van der Waals surface area contributed by atoms with Gasteiger partial charge in [0.2, 0.25) is 0 Å². The first-order valence-electron chi connectivity index (χ1n) is 2.71. The Kier molecular flexibility index (Phi) is 1.58. The standard InChI is InChI=1S/C7H7NO/c1-8-6-2-4-7(9)5-3-6/h2-4H,1,5H2. The smallest absolute Gasteiger partial charge is 0.159 e. The fourth-order valence-corrected chi connectivity index (χ4v) is 0.637. The molecule has 0 bridgehead atoms. The first kappa shape index (κ1) is 5.95. The Bertz CT molecular complexity index is 201. The number of aliphatic imine (C=N–C) groups is 1. The number of rotatable bonds is 1. The zero-order valence-corrected chi connectivity index (χ0v) is 5.00. The minimum atomic E-state index is 0.127. The van der Waals surface area contributed by atoms with Crippen molar-refractivity contribution < 1.29 is 4.79 Å². The Morgan fingerprint density at radius 1 is 1.56 bits per heavy atom. The van der Waals surface area contributed by atoms with E-state index in [1.807, 2.05) is 0 Å². The predicted molar refractivity (Wildman–Crippen MR) is 36.4 cm³/mol. The molecule has 1 rings (SSSR count). The number of allylic oxidation sites excluding steroid dienone is 3. The summed E-state index contributed by atoms with van der Waals surface area (Å²) in [5.74, 6) is 0.127. The summed E-state index contributed by atoms with van der Waals surface area (Å²) in [6.45, 7) is 3.33. The second kappa shape index (κ2) is 2.40. The zero-order chi connectivity index (χ0) is 6.69. The van der Waals surface area contributed by atoms with E-state index < -0.39 is 0 Å². The number of ketones is 1. The number of hydrogen-bond acceptors (Lipinski definition) is 2. The lowest BCUT2D eigenvalue weighted by Gasteiger charge is -1.97. The van der Waals surface area contributed by atoms with Crippen molar-refractivity contribution in [3.63, 3.8) is 0 Å². The molecule has 0 radical (unpaired) electrons. The van der Waals surface area contributed by atoms with E-state index in [0.717, 1.165) is 5.70 Å².